The molecule has 1 saturated heterocycles. The Morgan fingerprint density at radius 2 is 2.12 bits per heavy atom. The van der Waals surface area contributed by atoms with E-state index >= 15 is 0 Å². The molecule has 98 valence electrons. The van der Waals surface area contributed by atoms with Crippen LogP contribution in [0.3, 0.4) is 0 Å². The number of aliphatic hydroxyl groups excluding tert-OH is 1. The maximum absolute atomic E-state index is 11.3. The quantitative estimate of drug-likeness (QED) is 0.560. The maximum atomic E-state index is 11.3. The standard InChI is InChI=1S/C10H18N2O4S/c13-8(9(14)15)6-12-10(16)11-5-7-3-1-2-4-17-7/h7-8,13H,1-6H2,(H,14,15)(H2,11,12,16)/t7?,8-/m0/s1. The third kappa shape index (κ3) is 5.78. The van der Waals surface area contributed by atoms with Crippen molar-refractivity contribution < 1.29 is 19.8 Å². The number of carbonyl (C=O) groups excluding carboxylic acids is 1. The van der Waals surface area contributed by atoms with Crippen LogP contribution in [0.25, 0.3) is 0 Å². The maximum Gasteiger partial charge on any atom is 0.334 e. The fraction of sp³-hybridized carbons (Fsp3) is 0.800. The molecule has 1 fully saturated rings. The number of urea groups is 1. The molecule has 6 nitrogen and oxygen atoms in total. The van der Waals surface area contributed by atoms with Gasteiger partial charge in [-0.05, 0) is 18.6 Å². The van der Waals surface area contributed by atoms with Gasteiger partial charge < -0.3 is 20.8 Å². The second-order valence-electron chi connectivity index (χ2n) is 3.93. The number of carbonyl (C=O) groups is 2. The van der Waals surface area contributed by atoms with Crippen LogP contribution in [0.15, 0.2) is 0 Å². The Kier molecular flexibility index (Phi) is 6.13. The number of carboxylic acid groups (broad SMARTS) is 1. The SMILES string of the molecule is O=C(NCC1CCCCS1)NC[C@H](O)C(=O)O. The Labute approximate surface area is 104 Å². The van der Waals surface area contributed by atoms with Crippen molar-refractivity contribution in [2.45, 2.75) is 30.6 Å². The predicted octanol–water partition coefficient (Wildman–Crippen LogP) is 0.0168. The van der Waals surface area contributed by atoms with E-state index in [0.29, 0.717) is 11.8 Å². The van der Waals surface area contributed by atoms with Gasteiger partial charge in [-0.1, -0.05) is 6.42 Å². The van der Waals surface area contributed by atoms with Gasteiger partial charge >= 0.3 is 12.0 Å². The molecule has 0 aliphatic carbocycles. The van der Waals surface area contributed by atoms with E-state index in [1.807, 2.05) is 11.8 Å². The Bertz CT molecular complexity index is 269. The minimum absolute atomic E-state index is 0.279. The highest BCUT2D eigenvalue weighted by Gasteiger charge is 2.16. The number of carboxylic acids is 1. The second kappa shape index (κ2) is 7.39. The third-order valence-corrected chi connectivity index (χ3v) is 3.90. The van der Waals surface area contributed by atoms with Crippen molar-refractivity contribution in [1.29, 1.82) is 0 Å². The van der Waals surface area contributed by atoms with Crippen LogP contribution in [0.1, 0.15) is 19.3 Å². The molecule has 17 heavy (non-hydrogen) atoms. The zero-order valence-corrected chi connectivity index (χ0v) is 10.3. The molecule has 1 aliphatic rings. The van der Waals surface area contributed by atoms with E-state index in [0.717, 1.165) is 12.2 Å². The molecular weight excluding hydrogens is 244 g/mol. The largest absolute Gasteiger partial charge is 0.479 e. The predicted molar refractivity (Wildman–Crippen MR) is 65.1 cm³/mol. The summed E-state index contributed by atoms with van der Waals surface area (Å²) >= 11 is 1.85. The minimum atomic E-state index is -1.55. The molecule has 7 heteroatoms. The summed E-state index contributed by atoms with van der Waals surface area (Å²) in [7, 11) is 0. The van der Waals surface area contributed by atoms with Crippen LogP contribution in [0.2, 0.25) is 0 Å². The lowest BCUT2D eigenvalue weighted by Crippen LogP contribution is -2.44. The summed E-state index contributed by atoms with van der Waals surface area (Å²) in [6, 6.07) is -0.434. The lowest BCUT2D eigenvalue weighted by Gasteiger charge is -2.21. The average Bonchev–Trinajstić information content (AvgIpc) is 2.34. The molecule has 1 rings (SSSR count). The summed E-state index contributed by atoms with van der Waals surface area (Å²) in [4.78, 5) is 21.6. The van der Waals surface area contributed by atoms with Gasteiger partial charge in [0.05, 0.1) is 6.54 Å². The molecule has 0 saturated carbocycles. The summed E-state index contributed by atoms with van der Waals surface area (Å²) in [6.07, 6.45) is 1.98. The number of rotatable bonds is 5. The van der Waals surface area contributed by atoms with Crippen LogP contribution < -0.4 is 10.6 Å². The number of hydrogen-bond donors (Lipinski definition) is 4. The molecule has 1 heterocycles. The number of hydrogen-bond acceptors (Lipinski definition) is 4. The average molecular weight is 262 g/mol. The van der Waals surface area contributed by atoms with Gasteiger partial charge in [-0.25, -0.2) is 9.59 Å². The first-order valence-corrected chi connectivity index (χ1v) is 6.68. The molecule has 0 aromatic heterocycles. The first-order chi connectivity index (χ1) is 8.09. The first kappa shape index (κ1) is 14.1. The number of aliphatic hydroxyl groups is 1. The lowest BCUT2D eigenvalue weighted by molar-refractivity contribution is -0.146. The highest BCUT2D eigenvalue weighted by molar-refractivity contribution is 7.99. The van der Waals surface area contributed by atoms with Crippen LogP contribution in [0.5, 0.6) is 0 Å². The third-order valence-electron chi connectivity index (χ3n) is 2.51. The number of amides is 2. The second-order valence-corrected chi connectivity index (χ2v) is 5.34. The van der Waals surface area contributed by atoms with Crippen LogP contribution in [0, 0.1) is 0 Å². The molecule has 1 unspecified atom stereocenters. The van der Waals surface area contributed by atoms with Gasteiger partial charge in [-0.3, -0.25) is 0 Å². The van der Waals surface area contributed by atoms with E-state index in [1.54, 1.807) is 0 Å². The lowest BCUT2D eigenvalue weighted by atomic mass is 10.2. The fourth-order valence-electron chi connectivity index (χ4n) is 1.51. The molecular formula is C10H18N2O4S. The summed E-state index contributed by atoms with van der Waals surface area (Å²) in [6.45, 7) is 0.304. The van der Waals surface area contributed by atoms with Crippen LogP contribution in [-0.4, -0.2) is 52.4 Å². The van der Waals surface area contributed by atoms with E-state index < -0.39 is 18.1 Å². The molecule has 0 aromatic carbocycles. The molecule has 0 spiro atoms. The minimum Gasteiger partial charge on any atom is -0.479 e. The zero-order valence-electron chi connectivity index (χ0n) is 9.52. The van der Waals surface area contributed by atoms with Crippen molar-refractivity contribution in [2.24, 2.45) is 0 Å². The fourth-order valence-corrected chi connectivity index (χ4v) is 2.75. The van der Waals surface area contributed by atoms with Crippen molar-refractivity contribution in [2.75, 3.05) is 18.8 Å². The van der Waals surface area contributed by atoms with Crippen molar-refractivity contribution in [1.82, 2.24) is 10.6 Å². The number of thioether (sulfide) groups is 1. The highest BCUT2D eigenvalue weighted by Crippen LogP contribution is 2.24. The molecule has 1 aliphatic heterocycles. The summed E-state index contributed by atoms with van der Waals surface area (Å²) in [5.41, 5.74) is 0. The van der Waals surface area contributed by atoms with Gasteiger partial charge in [0.1, 0.15) is 0 Å². The van der Waals surface area contributed by atoms with Gasteiger partial charge in [0.25, 0.3) is 0 Å². The van der Waals surface area contributed by atoms with Crippen LogP contribution in [0.4, 0.5) is 4.79 Å². The highest BCUT2D eigenvalue weighted by atomic mass is 32.2. The Hall–Kier alpha value is -0.950. The van der Waals surface area contributed by atoms with E-state index in [2.05, 4.69) is 10.6 Å². The summed E-state index contributed by atoms with van der Waals surface area (Å²) < 4.78 is 0. The van der Waals surface area contributed by atoms with Crippen molar-refractivity contribution in [3.63, 3.8) is 0 Å². The van der Waals surface area contributed by atoms with Crippen molar-refractivity contribution >= 4 is 23.8 Å². The molecule has 2 amide bonds. The number of nitrogens with one attached hydrogen (secondary N) is 2. The number of aliphatic carboxylic acids is 1. The van der Waals surface area contributed by atoms with E-state index in [9.17, 15) is 9.59 Å². The summed E-state index contributed by atoms with van der Waals surface area (Å²) in [5.74, 6) is -0.209. The molecule has 0 radical (unpaired) electrons. The first-order valence-electron chi connectivity index (χ1n) is 5.63. The normalized spacial score (nSPS) is 21.6. The van der Waals surface area contributed by atoms with Gasteiger partial charge in [-0.15, -0.1) is 0 Å². The van der Waals surface area contributed by atoms with E-state index in [1.165, 1.54) is 12.8 Å². The van der Waals surface area contributed by atoms with Gasteiger partial charge in [-0.2, -0.15) is 11.8 Å². The van der Waals surface area contributed by atoms with Gasteiger partial charge in [0.15, 0.2) is 6.10 Å². The topological polar surface area (TPSA) is 98.7 Å². The Balaban J connectivity index is 2.10. The smallest absolute Gasteiger partial charge is 0.334 e. The molecule has 2 atom stereocenters. The Morgan fingerprint density at radius 1 is 1.35 bits per heavy atom. The molecule has 4 N–H and O–H groups in total. The molecule has 0 aromatic rings. The molecule has 0 bridgehead atoms. The van der Waals surface area contributed by atoms with Crippen molar-refractivity contribution in [3.8, 4) is 0 Å². The van der Waals surface area contributed by atoms with Crippen molar-refractivity contribution in [3.05, 3.63) is 0 Å². The van der Waals surface area contributed by atoms with Gasteiger partial charge in [0, 0.05) is 11.8 Å². The van der Waals surface area contributed by atoms with E-state index in [-0.39, 0.29) is 6.54 Å². The van der Waals surface area contributed by atoms with Gasteiger partial charge in [0.2, 0.25) is 0 Å². The van der Waals surface area contributed by atoms with E-state index in [4.69, 9.17) is 10.2 Å². The van der Waals surface area contributed by atoms with Crippen LogP contribution in [-0.2, 0) is 4.79 Å². The summed E-state index contributed by atoms with van der Waals surface area (Å²) in [5, 5.41) is 22.8. The Morgan fingerprint density at radius 3 is 2.71 bits per heavy atom. The zero-order chi connectivity index (χ0) is 12.7. The monoisotopic (exact) mass is 262 g/mol. The van der Waals surface area contributed by atoms with Crippen LogP contribution >= 0.6 is 11.8 Å².